The van der Waals surface area contributed by atoms with E-state index in [-0.39, 0.29) is 17.9 Å². The Morgan fingerprint density at radius 2 is 1.54 bits per heavy atom. The van der Waals surface area contributed by atoms with Gasteiger partial charge >= 0.3 is 5.97 Å². The number of carbonyl (C=O) groups excluding carboxylic acids is 1. The van der Waals surface area contributed by atoms with Crippen LogP contribution in [0.4, 0.5) is 4.39 Å². The van der Waals surface area contributed by atoms with Crippen LogP contribution < -0.4 is 23.7 Å². The maximum atomic E-state index is 13.9. The molecule has 1 aliphatic rings. The molecule has 1 heterocycles. The van der Waals surface area contributed by atoms with Gasteiger partial charge in [0.15, 0.2) is 23.0 Å². The molecule has 0 saturated carbocycles. The van der Waals surface area contributed by atoms with Crippen molar-refractivity contribution in [3.8, 4) is 39.9 Å². The van der Waals surface area contributed by atoms with E-state index in [4.69, 9.17) is 33.2 Å². The van der Waals surface area contributed by atoms with E-state index in [0.717, 1.165) is 33.4 Å². The fraction of sp³-hybridized carbons (Fsp3) is 0.406. The molecule has 3 aromatic carbocycles. The number of hydrogen-bond acceptors (Lipinski definition) is 8. The average Bonchev–Trinajstić information content (AvgIpc) is 2.95. The smallest absolute Gasteiger partial charge is 0.302 e. The van der Waals surface area contributed by atoms with Gasteiger partial charge in [0.2, 0.25) is 5.75 Å². The van der Waals surface area contributed by atoms with Crippen molar-refractivity contribution < 1.29 is 42.3 Å². The van der Waals surface area contributed by atoms with E-state index < -0.39 is 12.2 Å². The first-order valence-electron chi connectivity index (χ1n) is 13.3. The van der Waals surface area contributed by atoms with E-state index in [9.17, 15) is 9.18 Å². The lowest BCUT2D eigenvalue weighted by molar-refractivity contribution is -0.145. The highest BCUT2D eigenvalue weighted by Gasteiger charge is 2.38. The van der Waals surface area contributed by atoms with Crippen LogP contribution in [0.25, 0.3) is 11.1 Å². The van der Waals surface area contributed by atoms with Crippen LogP contribution >= 0.6 is 0 Å². The number of ether oxygens (including phenoxy) is 7. The Hall–Kier alpha value is -3.98. The Labute approximate surface area is 240 Å². The van der Waals surface area contributed by atoms with Crippen molar-refractivity contribution in [1.82, 2.24) is 0 Å². The second kappa shape index (κ2) is 12.7. The summed E-state index contributed by atoms with van der Waals surface area (Å²) in [5.41, 5.74) is 4.88. The maximum Gasteiger partial charge on any atom is 0.302 e. The predicted molar refractivity (Wildman–Crippen MR) is 152 cm³/mol. The maximum absolute atomic E-state index is 13.9. The Bertz CT molecular complexity index is 1400. The lowest BCUT2D eigenvalue weighted by Gasteiger charge is -2.35. The molecule has 0 aromatic heterocycles. The number of carbonyl (C=O) groups is 1. The molecule has 4 rings (SSSR count). The van der Waals surface area contributed by atoms with Gasteiger partial charge in [0.1, 0.15) is 18.0 Å². The van der Waals surface area contributed by atoms with Crippen LogP contribution in [-0.2, 0) is 27.1 Å². The van der Waals surface area contributed by atoms with E-state index >= 15 is 0 Å². The molecule has 0 spiro atoms. The van der Waals surface area contributed by atoms with Crippen LogP contribution in [0.2, 0.25) is 0 Å². The molecule has 0 aliphatic carbocycles. The minimum atomic E-state index is -0.564. The van der Waals surface area contributed by atoms with Crippen LogP contribution in [-0.4, -0.2) is 53.7 Å². The number of methoxy groups -OCH3 is 5. The summed E-state index contributed by atoms with van der Waals surface area (Å²) in [6.45, 7) is 5.21. The molecular formula is C32H37FO8. The molecule has 9 heteroatoms. The Kier molecular flexibility index (Phi) is 9.28. The zero-order valence-corrected chi connectivity index (χ0v) is 24.8. The number of hydrogen-bond donors (Lipinski definition) is 0. The van der Waals surface area contributed by atoms with Gasteiger partial charge in [-0.15, -0.1) is 0 Å². The van der Waals surface area contributed by atoms with Crippen LogP contribution in [0.5, 0.6) is 28.7 Å². The van der Waals surface area contributed by atoms with Gasteiger partial charge in [-0.05, 0) is 66.8 Å². The van der Waals surface area contributed by atoms with Crippen LogP contribution in [0.3, 0.4) is 0 Å². The number of rotatable bonds is 10. The van der Waals surface area contributed by atoms with E-state index in [0.29, 0.717) is 41.6 Å². The summed E-state index contributed by atoms with van der Waals surface area (Å²) in [4.78, 5) is 11.7. The van der Waals surface area contributed by atoms with Crippen molar-refractivity contribution in [2.75, 3.05) is 35.5 Å². The monoisotopic (exact) mass is 568 g/mol. The molecule has 0 bridgehead atoms. The largest absolute Gasteiger partial charge is 0.493 e. The normalized spacial score (nSPS) is 16.8. The number of esters is 1. The van der Waals surface area contributed by atoms with E-state index in [1.54, 1.807) is 47.7 Å². The van der Waals surface area contributed by atoms with Gasteiger partial charge in [0, 0.05) is 24.5 Å². The predicted octanol–water partition coefficient (Wildman–Crippen LogP) is 6.08. The highest BCUT2D eigenvalue weighted by Crippen LogP contribution is 2.56. The molecule has 0 fully saturated rings. The summed E-state index contributed by atoms with van der Waals surface area (Å²) >= 11 is 0. The Morgan fingerprint density at radius 1 is 0.927 bits per heavy atom. The van der Waals surface area contributed by atoms with Crippen molar-refractivity contribution >= 4 is 5.97 Å². The van der Waals surface area contributed by atoms with Gasteiger partial charge in [-0.2, -0.15) is 0 Å². The molecule has 0 saturated heterocycles. The standard InChI is InChI=1S/C32H37FO8/c1-17(40-19(3)34)13-21-15-25(35-4)26(36-5)16-23(21)27-24-14-18(2)41-29(20-9-11-22(33)12-10-20)28(24)31(38-7)32(39-8)30(27)37-6/h9-12,15-18,29H,13-14H2,1-8H3/t17-,18-,29-/m0/s1. The molecule has 3 atom stereocenters. The molecule has 0 amide bonds. The molecule has 0 radical (unpaired) electrons. The lowest BCUT2D eigenvalue weighted by Crippen LogP contribution is -2.26. The Balaban J connectivity index is 2.10. The number of fused-ring (bicyclic) bond motifs is 1. The van der Waals surface area contributed by atoms with Gasteiger partial charge < -0.3 is 33.2 Å². The third-order valence-corrected chi connectivity index (χ3v) is 7.17. The summed E-state index contributed by atoms with van der Waals surface area (Å²) in [7, 11) is 7.84. The van der Waals surface area contributed by atoms with Crippen LogP contribution in [0.15, 0.2) is 36.4 Å². The summed E-state index contributed by atoms with van der Waals surface area (Å²) in [5, 5.41) is 0. The summed E-state index contributed by atoms with van der Waals surface area (Å²) in [6.07, 6.45) is -0.240. The van der Waals surface area contributed by atoms with Gasteiger partial charge in [0.05, 0.1) is 41.7 Å². The van der Waals surface area contributed by atoms with E-state index in [1.165, 1.54) is 19.1 Å². The number of benzene rings is 3. The van der Waals surface area contributed by atoms with Gasteiger partial charge in [-0.3, -0.25) is 4.79 Å². The SMILES string of the molecule is COc1cc(C[C@H](C)OC(C)=O)c(-c2c3c(c(OC)c(OC)c2OC)[C@H](c2ccc(F)cc2)O[C@@H](C)C3)cc1OC. The van der Waals surface area contributed by atoms with Gasteiger partial charge in [-0.1, -0.05) is 12.1 Å². The van der Waals surface area contributed by atoms with Gasteiger partial charge in [-0.25, -0.2) is 4.39 Å². The minimum Gasteiger partial charge on any atom is -0.493 e. The summed E-state index contributed by atoms with van der Waals surface area (Å²) < 4.78 is 55.0. The fourth-order valence-corrected chi connectivity index (χ4v) is 5.58. The molecule has 1 aliphatic heterocycles. The van der Waals surface area contributed by atoms with Crippen LogP contribution in [0, 0.1) is 5.82 Å². The van der Waals surface area contributed by atoms with Crippen LogP contribution in [0.1, 0.15) is 49.1 Å². The van der Waals surface area contributed by atoms with Crippen molar-refractivity contribution in [3.63, 3.8) is 0 Å². The fourth-order valence-electron chi connectivity index (χ4n) is 5.58. The summed E-state index contributed by atoms with van der Waals surface area (Å²) in [6, 6.07) is 10.0. The number of halogens is 1. The van der Waals surface area contributed by atoms with Crippen molar-refractivity contribution in [2.45, 2.75) is 51.9 Å². The molecule has 3 aromatic rings. The minimum absolute atomic E-state index is 0.192. The van der Waals surface area contributed by atoms with Crippen molar-refractivity contribution in [3.05, 3.63) is 64.5 Å². The first-order chi connectivity index (χ1) is 19.7. The molecule has 220 valence electrons. The zero-order chi connectivity index (χ0) is 29.8. The Morgan fingerprint density at radius 3 is 2.10 bits per heavy atom. The summed E-state index contributed by atoms with van der Waals surface area (Å²) in [5.74, 6) is 1.69. The second-order valence-corrected chi connectivity index (χ2v) is 9.94. The highest BCUT2D eigenvalue weighted by molar-refractivity contribution is 5.85. The van der Waals surface area contributed by atoms with E-state index in [2.05, 4.69) is 0 Å². The quantitative estimate of drug-likeness (QED) is 0.272. The first-order valence-corrected chi connectivity index (χ1v) is 13.3. The van der Waals surface area contributed by atoms with Gasteiger partial charge in [0.25, 0.3) is 0 Å². The molecule has 0 N–H and O–H groups in total. The molecule has 0 unspecified atom stereocenters. The zero-order valence-electron chi connectivity index (χ0n) is 24.8. The average molecular weight is 569 g/mol. The van der Waals surface area contributed by atoms with E-state index in [1.807, 2.05) is 26.0 Å². The molecule has 8 nitrogen and oxygen atoms in total. The topological polar surface area (TPSA) is 81.7 Å². The highest BCUT2D eigenvalue weighted by atomic mass is 19.1. The third kappa shape index (κ3) is 5.91. The molecular weight excluding hydrogens is 531 g/mol. The second-order valence-electron chi connectivity index (χ2n) is 9.94. The molecule has 41 heavy (non-hydrogen) atoms. The first kappa shape index (κ1) is 30.0. The van der Waals surface area contributed by atoms with Crippen molar-refractivity contribution in [2.24, 2.45) is 0 Å². The van der Waals surface area contributed by atoms with Crippen molar-refractivity contribution in [1.29, 1.82) is 0 Å². The third-order valence-electron chi connectivity index (χ3n) is 7.17. The lowest BCUT2D eigenvalue weighted by atomic mass is 9.82.